The van der Waals surface area contributed by atoms with Crippen LogP contribution in [0.5, 0.6) is 0 Å². The largest absolute Gasteiger partial charge is 0.464 e. The quantitative estimate of drug-likeness (QED) is 0.626. The maximum atomic E-state index is 15.0. The number of imidazole rings is 1. The third-order valence-corrected chi connectivity index (χ3v) is 5.19. The fourth-order valence-electron chi connectivity index (χ4n) is 3.85. The molecule has 1 saturated heterocycles. The third-order valence-electron chi connectivity index (χ3n) is 5.19. The van der Waals surface area contributed by atoms with Crippen molar-refractivity contribution >= 4 is 27.9 Å². The van der Waals surface area contributed by atoms with Crippen molar-refractivity contribution in [1.29, 1.82) is 5.26 Å². The number of carbonyl (C=O) groups excluding carboxylic acids is 1. The number of nitriles is 1. The van der Waals surface area contributed by atoms with Gasteiger partial charge < -0.3 is 14.0 Å². The monoisotopic (exact) mass is 400 g/mol. The summed E-state index contributed by atoms with van der Waals surface area (Å²) in [5, 5.41) is 9.80. The second kappa shape index (κ2) is 7.04. The Balaban J connectivity index is 2.07. The van der Waals surface area contributed by atoms with Gasteiger partial charge in [0, 0.05) is 18.0 Å². The van der Waals surface area contributed by atoms with E-state index in [2.05, 4.69) is 20.8 Å². The number of hydrogen-bond acceptors (Lipinski definition) is 6. The van der Waals surface area contributed by atoms with Crippen LogP contribution in [0.2, 0.25) is 0 Å². The molecule has 2 atom stereocenters. The van der Waals surface area contributed by atoms with E-state index in [1.807, 2.05) is 6.92 Å². The van der Waals surface area contributed by atoms with E-state index in [4.69, 9.17) is 4.74 Å². The summed E-state index contributed by atoms with van der Waals surface area (Å²) in [6, 6.07) is 6.58. The van der Waals surface area contributed by atoms with E-state index >= 15 is 0 Å². The number of rotatable bonds is 3. The summed E-state index contributed by atoms with van der Waals surface area (Å²) < 4.78 is 41.3. The van der Waals surface area contributed by atoms with Gasteiger partial charge >= 0.3 is 11.9 Å². The van der Waals surface area contributed by atoms with Crippen LogP contribution < -0.4 is 0 Å². The molecule has 9 heteroatoms. The smallest absolute Gasteiger partial charge is 0.399 e. The van der Waals surface area contributed by atoms with Crippen LogP contribution in [0.4, 0.5) is 8.78 Å². The van der Waals surface area contributed by atoms with Gasteiger partial charge in [-0.3, -0.25) is 4.98 Å². The molecule has 3 aromatic rings. The molecule has 0 amide bonds. The predicted molar refractivity (Wildman–Crippen MR) is 99.3 cm³/mol. The van der Waals surface area contributed by atoms with Gasteiger partial charge in [0.1, 0.15) is 5.52 Å². The van der Waals surface area contributed by atoms with Gasteiger partial charge in [-0.1, -0.05) is 0 Å². The molecule has 4 rings (SSSR count). The van der Waals surface area contributed by atoms with E-state index < -0.39 is 17.7 Å². The van der Waals surface area contributed by atoms with E-state index in [1.165, 1.54) is 10.8 Å². The van der Waals surface area contributed by atoms with Gasteiger partial charge in [-0.15, -0.1) is 0 Å². The summed E-state index contributed by atoms with van der Waals surface area (Å²) in [4.78, 5) is 20.2. The molecule has 0 spiro atoms. The summed E-state index contributed by atoms with van der Waals surface area (Å²) in [6.07, 6.45) is 2.24. The lowest BCUT2D eigenvalue weighted by molar-refractivity contribution is -0.172. The molecule has 1 fully saturated rings. The molecular weight excluding hydrogens is 382 g/mol. The van der Waals surface area contributed by atoms with Crippen molar-refractivity contribution in [2.75, 3.05) is 13.7 Å². The molecular formula is C20H18F2N4O3. The Kier molecular flexibility index (Phi) is 4.67. The first-order chi connectivity index (χ1) is 13.9. The Morgan fingerprint density at radius 2 is 2.21 bits per heavy atom. The van der Waals surface area contributed by atoms with E-state index in [-0.39, 0.29) is 17.7 Å². The van der Waals surface area contributed by atoms with Crippen molar-refractivity contribution < 1.29 is 23.0 Å². The zero-order valence-electron chi connectivity index (χ0n) is 15.9. The Labute approximate surface area is 164 Å². The molecule has 0 bridgehead atoms. The van der Waals surface area contributed by atoms with Gasteiger partial charge in [0.15, 0.2) is 5.82 Å². The Morgan fingerprint density at radius 3 is 2.90 bits per heavy atom. The SMILES string of the molecule is COC(=O)C(F)(F)c1nc2cnc3ccc(C#N)cc3c2n1[C@@H]1CCO[C@H](C)C1. The first-order valence-corrected chi connectivity index (χ1v) is 9.16. The average molecular weight is 400 g/mol. The predicted octanol–water partition coefficient (Wildman–Crippen LogP) is 3.46. The molecule has 3 heterocycles. The molecule has 2 aromatic heterocycles. The highest BCUT2D eigenvalue weighted by Crippen LogP contribution is 2.39. The number of methoxy groups -OCH3 is 1. The number of aromatic nitrogens is 3. The first-order valence-electron chi connectivity index (χ1n) is 9.16. The molecule has 150 valence electrons. The second-order valence-electron chi connectivity index (χ2n) is 7.07. The van der Waals surface area contributed by atoms with Crippen LogP contribution in [0.15, 0.2) is 24.4 Å². The summed E-state index contributed by atoms with van der Waals surface area (Å²) in [5.41, 5.74) is 1.57. The van der Waals surface area contributed by atoms with Gasteiger partial charge in [-0.05, 0) is 38.0 Å². The number of pyridine rings is 1. The van der Waals surface area contributed by atoms with Crippen molar-refractivity contribution in [1.82, 2.24) is 14.5 Å². The number of carbonyl (C=O) groups is 1. The van der Waals surface area contributed by atoms with Gasteiger partial charge in [-0.25, -0.2) is 9.78 Å². The zero-order chi connectivity index (χ0) is 20.8. The lowest BCUT2D eigenvalue weighted by Crippen LogP contribution is -2.34. The van der Waals surface area contributed by atoms with E-state index in [9.17, 15) is 18.8 Å². The molecule has 0 radical (unpaired) electrons. The topological polar surface area (TPSA) is 90.0 Å². The number of hydrogen-bond donors (Lipinski definition) is 0. The highest BCUT2D eigenvalue weighted by Gasteiger charge is 2.48. The number of esters is 1. The Hall–Kier alpha value is -3.12. The molecule has 29 heavy (non-hydrogen) atoms. The number of alkyl halides is 2. The summed E-state index contributed by atoms with van der Waals surface area (Å²) in [6.45, 7) is 2.28. The minimum Gasteiger partial charge on any atom is -0.464 e. The molecule has 0 saturated carbocycles. The molecule has 0 aliphatic carbocycles. The number of fused-ring (bicyclic) bond motifs is 3. The van der Waals surface area contributed by atoms with Gasteiger partial charge in [0.25, 0.3) is 0 Å². The number of halogens is 2. The maximum Gasteiger partial charge on any atom is 0.399 e. The second-order valence-corrected chi connectivity index (χ2v) is 7.07. The molecule has 7 nitrogen and oxygen atoms in total. The Morgan fingerprint density at radius 1 is 1.41 bits per heavy atom. The number of benzene rings is 1. The minimum absolute atomic E-state index is 0.131. The highest BCUT2D eigenvalue weighted by molar-refractivity contribution is 6.03. The van der Waals surface area contributed by atoms with Crippen LogP contribution in [0.1, 0.15) is 37.2 Å². The molecule has 0 unspecified atom stereocenters. The fraction of sp³-hybridized carbons (Fsp3) is 0.400. The van der Waals surface area contributed by atoms with Crippen LogP contribution in [0, 0.1) is 11.3 Å². The van der Waals surface area contributed by atoms with Crippen LogP contribution in [0.25, 0.3) is 21.9 Å². The molecule has 1 aliphatic rings. The van der Waals surface area contributed by atoms with Gasteiger partial charge in [0.05, 0.1) is 42.1 Å². The lowest BCUT2D eigenvalue weighted by atomic mass is 10.0. The van der Waals surface area contributed by atoms with Crippen LogP contribution in [0.3, 0.4) is 0 Å². The van der Waals surface area contributed by atoms with E-state index in [0.717, 1.165) is 7.11 Å². The van der Waals surface area contributed by atoms with Crippen molar-refractivity contribution in [2.45, 2.75) is 37.8 Å². The lowest BCUT2D eigenvalue weighted by Gasteiger charge is -2.31. The van der Waals surface area contributed by atoms with Gasteiger partial charge in [0.2, 0.25) is 0 Å². The summed E-state index contributed by atoms with van der Waals surface area (Å²) in [5.74, 6) is -6.30. The highest BCUT2D eigenvalue weighted by atomic mass is 19.3. The van der Waals surface area contributed by atoms with Crippen LogP contribution in [-0.2, 0) is 20.2 Å². The molecule has 0 N–H and O–H groups in total. The standard InChI is InChI=1S/C20H18F2N4O3/c1-11-7-13(5-6-29-11)26-17-14-8-12(9-23)3-4-15(14)24-10-16(17)25-18(26)20(21,22)19(27)28-2/h3-4,8,10-11,13H,5-7H2,1-2H3/t11-,13-/m1/s1. The summed E-state index contributed by atoms with van der Waals surface area (Å²) in [7, 11) is 0.913. The van der Waals surface area contributed by atoms with Crippen molar-refractivity contribution in [3.8, 4) is 6.07 Å². The number of nitrogens with zero attached hydrogens (tertiary/aromatic N) is 4. The van der Waals surface area contributed by atoms with E-state index in [1.54, 1.807) is 18.2 Å². The zero-order valence-corrected chi connectivity index (χ0v) is 15.9. The molecule has 1 aliphatic heterocycles. The normalized spacial score (nSPS) is 20.0. The molecule has 1 aromatic carbocycles. The maximum absolute atomic E-state index is 15.0. The van der Waals surface area contributed by atoms with Crippen molar-refractivity contribution in [3.05, 3.63) is 35.8 Å². The van der Waals surface area contributed by atoms with Crippen LogP contribution in [-0.4, -0.2) is 40.3 Å². The van der Waals surface area contributed by atoms with Gasteiger partial charge in [-0.2, -0.15) is 14.0 Å². The third kappa shape index (κ3) is 3.09. The van der Waals surface area contributed by atoms with E-state index in [0.29, 0.717) is 41.4 Å². The Bertz CT molecular complexity index is 1150. The summed E-state index contributed by atoms with van der Waals surface area (Å²) >= 11 is 0. The van der Waals surface area contributed by atoms with Crippen molar-refractivity contribution in [3.63, 3.8) is 0 Å². The minimum atomic E-state index is -3.94. The number of ether oxygens (including phenoxy) is 2. The average Bonchev–Trinajstić information content (AvgIpc) is 3.13. The van der Waals surface area contributed by atoms with Crippen molar-refractivity contribution in [2.24, 2.45) is 0 Å². The first kappa shape index (κ1) is 19.2. The van der Waals surface area contributed by atoms with Crippen LogP contribution >= 0.6 is 0 Å². The fourth-order valence-corrected chi connectivity index (χ4v) is 3.85.